The van der Waals surface area contributed by atoms with Crippen LogP contribution in [0.5, 0.6) is 0 Å². The van der Waals surface area contributed by atoms with Crippen LogP contribution in [0.1, 0.15) is 26.2 Å². The smallest absolute Gasteiger partial charge is 0.243 e. The number of hydrogen-bond donors (Lipinski definition) is 2. The Hall–Kier alpha value is -1.09. The van der Waals surface area contributed by atoms with Gasteiger partial charge in [-0.1, -0.05) is 18.2 Å². The van der Waals surface area contributed by atoms with E-state index < -0.39 is 0 Å². The Labute approximate surface area is 85.5 Å². The van der Waals surface area contributed by atoms with Gasteiger partial charge in [-0.25, -0.2) is 0 Å². The van der Waals surface area contributed by atoms with Crippen LogP contribution in [0.2, 0.25) is 0 Å². The van der Waals surface area contributed by atoms with E-state index in [9.17, 15) is 4.79 Å². The summed E-state index contributed by atoms with van der Waals surface area (Å²) in [7, 11) is 0. The monoisotopic (exact) mass is 197 g/mol. The first-order valence-corrected chi connectivity index (χ1v) is 4.99. The Morgan fingerprint density at radius 2 is 2.07 bits per heavy atom. The summed E-state index contributed by atoms with van der Waals surface area (Å²) in [5.74, 6) is -0.0629. The van der Waals surface area contributed by atoms with Crippen LogP contribution in [0.4, 0.5) is 0 Å². The molecule has 0 heterocycles. The summed E-state index contributed by atoms with van der Waals surface area (Å²) in [5, 5.41) is 11.3. The zero-order valence-electron chi connectivity index (χ0n) is 8.70. The van der Waals surface area contributed by atoms with Gasteiger partial charge in [0.25, 0.3) is 0 Å². The highest BCUT2D eigenvalue weighted by Crippen LogP contribution is 1.91. The average Bonchev–Trinajstić information content (AvgIpc) is 2.18. The number of aliphatic hydroxyl groups is 1. The Morgan fingerprint density at radius 3 is 2.71 bits per heavy atom. The Morgan fingerprint density at radius 1 is 1.29 bits per heavy atom. The van der Waals surface area contributed by atoms with E-state index in [1.807, 2.05) is 19.1 Å². The van der Waals surface area contributed by atoms with Crippen molar-refractivity contribution in [3.05, 3.63) is 24.3 Å². The summed E-state index contributed by atoms with van der Waals surface area (Å²) in [6.07, 6.45) is 9.58. The first-order valence-electron chi connectivity index (χ1n) is 4.99. The number of rotatable bonds is 7. The fourth-order valence-electron chi connectivity index (χ4n) is 0.938. The minimum absolute atomic E-state index is 0.0629. The number of unbranched alkanes of at least 4 members (excludes halogenated alkanes) is 2. The van der Waals surface area contributed by atoms with E-state index in [4.69, 9.17) is 5.11 Å². The lowest BCUT2D eigenvalue weighted by molar-refractivity contribution is -0.116. The molecule has 0 saturated heterocycles. The number of carbonyl (C=O) groups excluding carboxylic acids is 1. The lowest BCUT2D eigenvalue weighted by atomic mass is 10.2. The maximum Gasteiger partial charge on any atom is 0.243 e. The summed E-state index contributed by atoms with van der Waals surface area (Å²) in [5.41, 5.74) is 0. The summed E-state index contributed by atoms with van der Waals surface area (Å²) in [6.45, 7) is 2.81. The molecule has 80 valence electrons. The molecular formula is C11H19NO2. The van der Waals surface area contributed by atoms with E-state index in [2.05, 4.69) is 5.32 Å². The van der Waals surface area contributed by atoms with Crippen LogP contribution in [0, 0.1) is 0 Å². The van der Waals surface area contributed by atoms with Crippen molar-refractivity contribution in [3.8, 4) is 0 Å². The van der Waals surface area contributed by atoms with Crippen molar-refractivity contribution < 1.29 is 9.90 Å². The molecule has 2 N–H and O–H groups in total. The molecule has 0 spiro atoms. The molecule has 0 aromatic carbocycles. The van der Waals surface area contributed by atoms with Crippen LogP contribution in [0.15, 0.2) is 24.3 Å². The standard InChI is InChI=1S/C11H19NO2/c1-2-3-5-8-11(14)12-9-6-4-7-10-13/h2-3,5,8,13H,4,6-7,9-10H2,1H3,(H,12,14)/b3-2+,8-5+. The normalized spacial score (nSPS) is 11.3. The third kappa shape index (κ3) is 9.00. The number of hydrogen-bond acceptors (Lipinski definition) is 2. The molecule has 0 rings (SSSR count). The van der Waals surface area contributed by atoms with E-state index in [1.54, 1.807) is 6.08 Å². The van der Waals surface area contributed by atoms with Crippen molar-refractivity contribution in [2.75, 3.05) is 13.2 Å². The van der Waals surface area contributed by atoms with E-state index >= 15 is 0 Å². The zero-order valence-corrected chi connectivity index (χ0v) is 8.70. The molecule has 0 atom stereocenters. The number of nitrogens with one attached hydrogen (secondary N) is 1. The minimum Gasteiger partial charge on any atom is -0.396 e. The summed E-state index contributed by atoms with van der Waals surface area (Å²) < 4.78 is 0. The quantitative estimate of drug-likeness (QED) is 0.368. The van der Waals surface area contributed by atoms with Gasteiger partial charge in [-0.2, -0.15) is 0 Å². The molecule has 0 aromatic rings. The third-order valence-corrected chi connectivity index (χ3v) is 1.69. The van der Waals surface area contributed by atoms with Gasteiger partial charge in [-0.3, -0.25) is 4.79 Å². The molecule has 0 aliphatic rings. The highest BCUT2D eigenvalue weighted by atomic mass is 16.2. The topological polar surface area (TPSA) is 49.3 Å². The second-order valence-electron chi connectivity index (χ2n) is 2.96. The molecule has 3 heteroatoms. The van der Waals surface area contributed by atoms with Crippen LogP contribution < -0.4 is 5.32 Å². The number of allylic oxidation sites excluding steroid dienone is 3. The van der Waals surface area contributed by atoms with Gasteiger partial charge in [0, 0.05) is 19.2 Å². The van der Waals surface area contributed by atoms with Crippen LogP contribution in [0.25, 0.3) is 0 Å². The summed E-state index contributed by atoms with van der Waals surface area (Å²) in [4.78, 5) is 11.1. The maximum atomic E-state index is 11.1. The van der Waals surface area contributed by atoms with Crippen molar-refractivity contribution in [1.29, 1.82) is 0 Å². The van der Waals surface area contributed by atoms with Gasteiger partial charge in [-0.05, 0) is 26.2 Å². The summed E-state index contributed by atoms with van der Waals surface area (Å²) in [6, 6.07) is 0. The first-order chi connectivity index (χ1) is 6.81. The highest BCUT2D eigenvalue weighted by Gasteiger charge is 1.92. The molecule has 0 fully saturated rings. The van der Waals surface area contributed by atoms with Crippen molar-refractivity contribution in [2.24, 2.45) is 0 Å². The van der Waals surface area contributed by atoms with Crippen molar-refractivity contribution in [2.45, 2.75) is 26.2 Å². The van der Waals surface area contributed by atoms with Gasteiger partial charge in [-0.15, -0.1) is 0 Å². The van der Waals surface area contributed by atoms with Gasteiger partial charge in [0.1, 0.15) is 0 Å². The molecule has 0 unspecified atom stereocenters. The molecular weight excluding hydrogens is 178 g/mol. The predicted molar refractivity (Wildman–Crippen MR) is 57.9 cm³/mol. The lowest BCUT2D eigenvalue weighted by Gasteiger charge is -2.00. The molecule has 0 saturated carbocycles. The van der Waals surface area contributed by atoms with Crippen LogP contribution >= 0.6 is 0 Å². The SMILES string of the molecule is C/C=C/C=C/C(=O)NCCCCCO. The van der Waals surface area contributed by atoms with Gasteiger partial charge >= 0.3 is 0 Å². The molecule has 0 aliphatic heterocycles. The molecule has 0 aromatic heterocycles. The molecule has 3 nitrogen and oxygen atoms in total. The Kier molecular flexibility index (Phi) is 9.22. The molecule has 1 amide bonds. The van der Waals surface area contributed by atoms with E-state index in [0.29, 0.717) is 6.54 Å². The number of carbonyl (C=O) groups is 1. The second kappa shape index (κ2) is 9.99. The van der Waals surface area contributed by atoms with Gasteiger partial charge in [0.15, 0.2) is 0 Å². The zero-order chi connectivity index (χ0) is 10.6. The van der Waals surface area contributed by atoms with Gasteiger partial charge in [0.05, 0.1) is 0 Å². The van der Waals surface area contributed by atoms with Crippen LogP contribution in [0.3, 0.4) is 0 Å². The Balaban J connectivity index is 3.35. The van der Waals surface area contributed by atoms with Crippen molar-refractivity contribution >= 4 is 5.91 Å². The second-order valence-corrected chi connectivity index (χ2v) is 2.96. The van der Waals surface area contributed by atoms with E-state index in [1.165, 1.54) is 6.08 Å². The van der Waals surface area contributed by atoms with Crippen LogP contribution in [-0.4, -0.2) is 24.2 Å². The van der Waals surface area contributed by atoms with E-state index in [-0.39, 0.29) is 12.5 Å². The van der Waals surface area contributed by atoms with Gasteiger partial charge in [0.2, 0.25) is 5.91 Å². The first kappa shape index (κ1) is 12.9. The highest BCUT2D eigenvalue weighted by molar-refractivity contribution is 5.87. The predicted octanol–water partition coefficient (Wildman–Crippen LogP) is 1.40. The fraction of sp³-hybridized carbons (Fsp3) is 0.545. The van der Waals surface area contributed by atoms with Crippen LogP contribution in [-0.2, 0) is 4.79 Å². The average molecular weight is 197 g/mol. The molecule has 14 heavy (non-hydrogen) atoms. The maximum absolute atomic E-state index is 11.1. The lowest BCUT2D eigenvalue weighted by Crippen LogP contribution is -2.21. The Bertz CT molecular complexity index is 197. The summed E-state index contributed by atoms with van der Waals surface area (Å²) >= 11 is 0. The van der Waals surface area contributed by atoms with Gasteiger partial charge < -0.3 is 10.4 Å². The van der Waals surface area contributed by atoms with Crippen molar-refractivity contribution in [3.63, 3.8) is 0 Å². The minimum atomic E-state index is -0.0629. The third-order valence-electron chi connectivity index (χ3n) is 1.69. The number of aliphatic hydroxyl groups excluding tert-OH is 1. The largest absolute Gasteiger partial charge is 0.396 e. The molecule has 0 bridgehead atoms. The number of amides is 1. The van der Waals surface area contributed by atoms with E-state index in [0.717, 1.165) is 19.3 Å². The van der Waals surface area contributed by atoms with Crippen molar-refractivity contribution in [1.82, 2.24) is 5.32 Å². The molecule has 0 radical (unpaired) electrons. The fourth-order valence-corrected chi connectivity index (χ4v) is 0.938. The molecule has 0 aliphatic carbocycles.